The molecule has 0 aliphatic heterocycles. The Morgan fingerprint density at radius 1 is 0.485 bits per heavy atom. The Morgan fingerprint density at radius 2 is 0.727 bits per heavy atom. The zero-order valence-corrected chi connectivity index (χ0v) is 29.8. The van der Waals surface area contributed by atoms with E-state index in [1.807, 2.05) is 5.79 Å². The third-order valence-corrected chi connectivity index (χ3v) is 20.9. The molecule has 1 aromatic heterocycles. The summed E-state index contributed by atoms with van der Waals surface area (Å²) in [5, 5.41) is 0. The molecule has 1 rings (SSSR count). The van der Waals surface area contributed by atoms with E-state index in [0.29, 0.717) is 0 Å². The first-order valence-electron chi connectivity index (χ1n) is 14.7. The van der Waals surface area contributed by atoms with Crippen LogP contribution in [0.3, 0.4) is 0 Å². The molecule has 0 amide bonds. The van der Waals surface area contributed by atoms with Gasteiger partial charge in [0, 0.05) is 0 Å². The summed E-state index contributed by atoms with van der Waals surface area (Å²) in [5.41, 5.74) is 0. The number of thiophene rings is 1. The van der Waals surface area contributed by atoms with Gasteiger partial charge in [0.05, 0.1) is 0 Å². The first kappa shape index (κ1) is 32.3. The molecule has 0 nitrogen and oxygen atoms in total. The van der Waals surface area contributed by atoms with Gasteiger partial charge in [0.25, 0.3) is 0 Å². The van der Waals surface area contributed by atoms with Gasteiger partial charge < -0.3 is 0 Å². The average Bonchev–Trinajstić information content (AvgIpc) is 3.26. The van der Waals surface area contributed by atoms with Crippen molar-refractivity contribution in [3.05, 3.63) is 12.1 Å². The minimum absolute atomic E-state index is 0.550. The van der Waals surface area contributed by atoms with Crippen LogP contribution in [0.5, 0.6) is 0 Å². The number of rotatable bonds is 22. The summed E-state index contributed by atoms with van der Waals surface area (Å²) in [7, 11) is 0. The van der Waals surface area contributed by atoms with Crippen LogP contribution in [0.15, 0.2) is 12.1 Å². The average molecular weight is 686 g/mol. The molecule has 0 spiro atoms. The van der Waals surface area contributed by atoms with Crippen molar-refractivity contribution in [1.82, 2.24) is 0 Å². The van der Waals surface area contributed by atoms with E-state index in [9.17, 15) is 0 Å². The molecule has 0 aliphatic rings. The van der Waals surface area contributed by atoms with E-state index in [2.05, 4.69) is 65.0 Å². The van der Waals surface area contributed by atoms with Crippen molar-refractivity contribution in [2.24, 2.45) is 0 Å². The number of hydrogen-bond acceptors (Lipinski definition) is 1. The standard InChI is InChI=1S/2C13H27.C4H2S.2Sn/c2*1-4-7-10-13(11-8-5-2)12-9-6-3;1-2-4-5-3-1;;/h2*4-12H2,1-3H3;1-2H;;. The molecular formula is C30H56SSn2. The van der Waals surface area contributed by atoms with E-state index in [1.54, 1.807) is 0 Å². The molecule has 0 aromatic carbocycles. The van der Waals surface area contributed by atoms with E-state index >= 15 is 0 Å². The van der Waals surface area contributed by atoms with Gasteiger partial charge in [0.15, 0.2) is 0 Å². The molecule has 33 heavy (non-hydrogen) atoms. The first-order chi connectivity index (χ1) is 16.0. The molecule has 0 saturated heterocycles. The molecule has 0 fully saturated rings. The predicted octanol–water partition coefficient (Wildman–Crippen LogP) is 9.87. The van der Waals surface area contributed by atoms with Crippen LogP contribution in [0.25, 0.3) is 0 Å². The first-order valence-corrected chi connectivity index (χ1v) is 21.2. The Hall–Kier alpha value is 1.30. The SMILES string of the molecule is CCCC[C](CCCC)(CCCC)[Sn][c]1cc[c]([Sn][C](CCCC)(CCCC)CCCC)s1. The van der Waals surface area contributed by atoms with Gasteiger partial charge >= 0.3 is 236 Å². The fourth-order valence-electron chi connectivity index (χ4n) is 5.21. The van der Waals surface area contributed by atoms with Crippen molar-refractivity contribution in [1.29, 1.82) is 0 Å². The number of hydrogen-bond donors (Lipinski definition) is 0. The van der Waals surface area contributed by atoms with Crippen LogP contribution in [0.1, 0.15) is 157 Å². The minimum atomic E-state index is -0.550. The molecular weight excluding hydrogens is 630 g/mol. The maximum absolute atomic E-state index is 2.65. The van der Waals surface area contributed by atoms with Gasteiger partial charge in [-0.3, -0.25) is 0 Å². The Kier molecular flexibility index (Phi) is 19.0. The van der Waals surface area contributed by atoms with E-state index < -0.39 is 42.3 Å². The molecule has 0 N–H and O–H groups in total. The summed E-state index contributed by atoms with van der Waals surface area (Å²) < 4.78 is 5.27. The zero-order valence-electron chi connectivity index (χ0n) is 23.3. The van der Waals surface area contributed by atoms with Crippen molar-refractivity contribution < 1.29 is 0 Å². The summed E-state index contributed by atoms with van der Waals surface area (Å²) in [6, 6.07) is 5.30. The molecule has 1 aromatic rings. The third-order valence-electron chi connectivity index (χ3n) is 7.44. The molecule has 0 aliphatic carbocycles. The Morgan fingerprint density at radius 3 is 0.939 bits per heavy atom. The van der Waals surface area contributed by atoms with Crippen molar-refractivity contribution in [3.63, 3.8) is 0 Å². The van der Waals surface area contributed by atoms with Crippen LogP contribution in [0.2, 0.25) is 6.86 Å². The van der Waals surface area contributed by atoms with Crippen LogP contribution < -0.4 is 5.79 Å². The topological polar surface area (TPSA) is 0 Å². The molecule has 3 heteroatoms. The molecule has 4 radical (unpaired) electrons. The fourth-order valence-corrected chi connectivity index (χ4v) is 23.1. The maximum atomic E-state index is 2.65. The third kappa shape index (κ3) is 12.9. The molecule has 190 valence electrons. The summed E-state index contributed by atoms with van der Waals surface area (Å²) in [6.45, 7) is 14.4. The van der Waals surface area contributed by atoms with Gasteiger partial charge in [-0.1, -0.05) is 0 Å². The van der Waals surface area contributed by atoms with E-state index in [-0.39, 0.29) is 0 Å². The van der Waals surface area contributed by atoms with E-state index in [0.717, 1.165) is 6.86 Å². The van der Waals surface area contributed by atoms with Gasteiger partial charge in [-0.25, -0.2) is 0 Å². The van der Waals surface area contributed by atoms with Gasteiger partial charge in [0.2, 0.25) is 0 Å². The normalized spacial score (nSPS) is 12.5. The fraction of sp³-hybridized carbons (Fsp3) is 0.867. The monoisotopic (exact) mass is 688 g/mol. The van der Waals surface area contributed by atoms with Crippen LogP contribution in [0, 0.1) is 0 Å². The molecule has 0 atom stereocenters. The van der Waals surface area contributed by atoms with Crippen molar-refractivity contribution in [2.75, 3.05) is 0 Å². The second kappa shape index (κ2) is 19.4. The van der Waals surface area contributed by atoms with Gasteiger partial charge in [0.1, 0.15) is 0 Å². The van der Waals surface area contributed by atoms with Crippen molar-refractivity contribution in [3.8, 4) is 0 Å². The van der Waals surface area contributed by atoms with Crippen LogP contribution >= 0.6 is 11.3 Å². The Bertz CT molecular complexity index is 488. The summed E-state index contributed by atoms with van der Waals surface area (Å²) in [4.78, 5) is 0. The summed E-state index contributed by atoms with van der Waals surface area (Å²) >= 11 is 1.24. The van der Waals surface area contributed by atoms with Gasteiger partial charge in [-0.15, -0.1) is 0 Å². The molecule has 0 saturated carbocycles. The number of unbranched alkanes of at least 4 members (excludes halogenated alkanes) is 6. The van der Waals surface area contributed by atoms with Crippen LogP contribution in [-0.4, -0.2) is 42.3 Å². The van der Waals surface area contributed by atoms with Gasteiger partial charge in [-0.05, 0) is 0 Å². The quantitative estimate of drug-likeness (QED) is 0.107. The Balaban J connectivity index is 3.06. The van der Waals surface area contributed by atoms with Crippen LogP contribution in [0.4, 0.5) is 0 Å². The Labute approximate surface area is 233 Å². The molecule has 1 heterocycles. The van der Waals surface area contributed by atoms with E-state index in [4.69, 9.17) is 0 Å². The summed E-state index contributed by atoms with van der Waals surface area (Å²) in [5.74, 6) is 0. The second-order valence-corrected chi connectivity index (χ2v) is 24.3. The van der Waals surface area contributed by atoms with Crippen molar-refractivity contribution in [2.45, 2.75) is 164 Å². The van der Waals surface area contributed by atoms with Crippen molar-refractivity contribution >= 4 is 59.4 Å². The predicted molar refractivity (Wildman–Crippen MR) is 158 cm³/mol. The second-order valence-electron chi connectivity index (χ2n) is 10.6. The van der Waals surface area contributed by atoms with Gasteiger partial charge in [-0.2, -0.15) is 0 Å². The molecule has 0 unspecified atom stereocenters. The summed E-state index contributed by atoms with van der Waals surface area (Å²) in [6.07, 6.45) is 26.1. The molecule has 0 bridgehead atoms. The van der Waals surface area contributed by atoms with E-state index in [1.165, 1.54) is 116 Å². The zero-order chi connectivity index (χ0) is 24.4. The van der Waals surface area contributed by atoms with Crippen LogP contribution in [-0.2, 0) is 0 Å².